The Bertz CT molecular complexity index is 446. The molecule has 2 nitrogen and oxygen atoms in total. The Labute approximate surface area is 131 Å². The van der Waals surface area contributed by atoms with Gasteiger partial charge in [-0.05, 0) is 37.3 Å². The highest BCUT2D eigenvalue weighted by Crippen LogP contribution is 2.32. The molecule has 0 bridgehead atoms. The molecule has 112 valence electrons. The van der Waals surface area contributed by atoms with Crippen molar-refractivity contribution in [3.8, 4) is 0 Å². The van der Waals surface area contributed by atoms with Crippen molar-refractivity contribution < 1.29 is 4.74 Å². The van der Waals surface area contributed by atoms with Crippen LogP contribution >= 0.6 is 23.2 Å². The van der Waals surface area contributed by atoms with Gasteiger partial charge in [-0.25, -0.2) is 0 Å². The van der Waals surface area contributed by atoms with E-state index in [1.807, 2.05) is 18.2 Å². The molecule has 1 saturated heterocycles. The zero-order valence-corrected chi connectivity index (χ0v) is 13.7. The summed E-state index contributed by atoms with van der Waals surface area (Å²) in [5.41, 5.74) is 1.11. The maximum Gasteiger partial charge on any atom is 0.0692 e. The van der Waals surface area contributed by atoms with Gasteiger partial charge in [0.1, 0.15) is 0 Å². The average Bonchev–Trinajstić information content (AvgIpc) is 2.49. The molecule has 1 aromatic rings. The van der Waals surface area contributed by atoms with E-state index >= 15 is 0 Å². The first-order valence-corrected chi connectivity index (χ1v) is 8.16. The highest BCUT2D eigenvalue weighted by atomic mass is 35.5. The molecule has 1 aliphatic rings. The molecule has 0 amide bonds. The van der Waals surface area contributed by atoms with Gasteiger partial charge >= 0.3 is 0 Å². The first kappa shape index (κ1) is 16.1. The van der Waals surface area contributed by atoms with Gasteiger partial charge in [0.25, 0.3) is 0 Å². The zero-order valence-electron chi connectivity index (χ0n) is 12.2. The summed E-state index contributed by atoms with van der Waals surface area (Å²) in [6.45, 7) is 6.01. The van der Waals surface area contributed by atoms with E-state index in [1.165, 1.54) is 0 Å². The number of hydrogen-bond acceptors (Lipinski definition) is 2. The van der Waals surface area contributed by atoms with Gasteiger partial charge in [-0.3, -0.25) is 0 Å². The molecule has 0 spiro atoms. The third kappa shape index (κ3) is 3.67. The first-order chi connectivity index (χ1) is 9.60. The van der Waals surface area contributed by atoms with Crippen LogP contribution in [0.5, 0.6) is 0 Å². The number of nitrogens with one attached hydrogen (secondary N) is 1. The number of ether oxygens (including phenoxy) is 1. The second kappa shape index (κ2) is 7.13. The molecule has 0 radical (unpaired) electrons. The molecule has 1 heterocycles. The van der Waals surface area contributed by atoms with Crippen molar-refractivity contribution in [3.63, 3.8) is 0 Å². The minimum Gasteiger partial charge on any atom is -0.375 e. The van der Waals surface area contributed by atoms with Crippen LogP contribution in [0.2, 0.25) is 10.0 Å². The maximum atomic E-state index is 6.22. The zero-order chi connectivity index (χ0) is 14.6. The van der Waals surface area contributed by atoms with Gasteiger partial charge in [0.2, 0.25) is 0 Å². The number of hydrogen-bond donors (Lipinski definition) is 1. The predicted molar refractivity (Wildman–Crippen MR) is 85.6 cm³/mol. The standard InChI is InChI=1S/C16H23Cl2NO/c1-3-16(4-2)10-13(8-9-20-16)19-11-12-6-5-7-14(17)15(12)18/h5-7,13,19H,3-4,8-11H2,1-2H3. The van der Waals surface area contributed by atoms with E-state index in [2.05, 4.69) is 19.2 Å². The Morgan fingerprint density at radius 3 is 2.75 bits per heavy atom. The molecule has 0 aliphatic carbocycles. The van der Waals surface area contributed by atoms with E-state index in [1.54, 1.807) is 0 Å². The summed E-state index contributed by atoms with van der Waals surface area (Å²) >= 11 is 12.3. The van der Waals surface area contributed by atoms with Crippen LogP contribution in [0.15, 0.2) is 18.2 Å². The van der Waals surface area contributed by atoms with Crippen LogP contribution in [0.3, 0.4) is 0 Å². The molecule has 1 fully saturated rings. The van der Waals surface area contributed by atoms with Gasteiger partial charge < -0.3 is 10.1 Å². The fraction of sp³-hybridized carbons (Fsp3) is 0.625. The topological polar surface area (TPSA) is 21.3 Å². The van der Waals surface area contributed by atoms with Gasteiger partial charge in [0.05, 0.1) is 15.6 Å². The molecule has 0 aromatic heterocycles. The third-order valence-corrected chi connectivity index (χ3v) is 5.25. The van der Waals surface area contributed by atoms with E-state index in [0.29, 0.717) is 16.1 Å². The molecular weight excluding hydrogens is 293 g/mol. The van der Waals surface area contributed by atoms with Crippen LogP contribution in [0, 0.1) is 0 Å². The Morgan fingerprint density at radius 2 is 2.05 bits per heavy atom. The van der Waals surface area contributed by atoms with Crippen LogP contribution in [0.1, 0.15) is 45.1 Å². The molecule has 1 atom stereocenters. The molecule has 20 heavy (non-hydrogen) atoms. The molecule has 0 saturated carbocycles. The fourth-order valence-corrected chi connectivity index (χ4v) is 3.27. The lowest BCUT2D eigenvalue weighted by molar-refractivity contribution is -0.0932. The van der Waals surface area contributed by atoms with Crippen LogP contribution in [0.4, 0.5) is 0 Å². The van der Waals surface area contributed by atoms with E-state index in [-0.39, 0.29) is 5.60 Å². The molecule has 1 unspecified atom stereocenters. The number of benzene rings is 1. The van der Waals surface area contributed by atoms with E-state index in [4.69, 9.17) is 27.9 Å². The minimum atomic E-state index is 0.0496. The van der Waals surface area contributed by atoms with Crippen LogP contribution in [-0.2, 0) is 11.3 Å². The highest BCUT2D eigenvalue weighted by molar-refractivity contribution is 6.42. The summed E-state index contributed by atoms with van der Waals surface area (Å²) in [7, 11) is 0. The quantitative estimate of drug-likeness (QED) is 0.841. The van der Waals surface area contributed by atoms with Crippen molar-refractivity contribution in [3.05, 3.63) is 33.8 Å². The normalized spacial score (nSPS) is 21.9. The fourth-order valence-electron chi connectivity index (χ4n) is 2.88. The lowest BCUT2D eigenvalue weighted by Gasteiger charge is -2.40. The Morgan fingerprint density at radius 1 is 1.30 bits per heavy atom. The van der Waals surface area contributed by atoms with E-state index in [9.17, 15) is 0 Å². The molecule has 2 rings (SSSR count). The van der Waals surface area contributed by atoms with Crippen LogP contribution in [-0.4, -0.2) is 18.2 Å². The first-order valence-electron chi connectivity index (χ1n) is 7.40. The smallest absolute Gasteiger partial charge is 0.0692 e. The van der Waals surface area contributed by atoms with Crippen molar-refractivity contribution in [2.75, 3.05) is 6.61 Å². The second-order valence-electron chi connectivity index (χ2n) is 5.52. The average molecular weight is 316 g/mol. The summed E-state index contributed by atoms with van der Waals surface area (Å²) in [4.78, 5) is 0. The lowest BCUT2D eigenvalue weighted by Crippen LogP contribution is -2.46. The van der Waals surface area contributed by atoms with Gasteiger partial charge in [-0.1, -0.05) is 49.2 Å². The molecular formula is C16H23Cl2NO. The summed E-state index contributed by atoms with van der Waals surface area (Å²) in [6.07, 6.45) is 4.26. The largest absolute Gasteiger partial charge is 0.375 e. The Kier molecular flexibility index (Phi) is 5.74. The molecule has 1 aromatic carbocycles. The van der Waals surface area contributed by atoms with Crippen molar-refractivity contribution in [1.29, 1.82) is 0 Å². The minimum absolute atomic E-state index is 0.0496. The Balaban J connectivity index is 1.95. The van der Waals surface area contributed by atoms with Crippen molar-refractivity contribution in [2.24, 2.45) is 0 Å². The number of rotatable bonds is 5. The summed E-state index contributed by atoms with van der Waals surface area (Å²) < 4.78 is 6.00. The summed E-state index contributed by atoms with van der Waals surface area (Å²) in [5, 5.41) is 4.88. The van der Waals surface area contributed by atoms with E-state index < -0.39 is 0 Å². The van der Waals surface area contributed by atoms with Gasteiger partial charge in [-0.2, -0.15) is 0 Å². The van der Waals surface area contributed by atoms with Crippen molar-refractivity contribution in [1.82, 2.24) is 5.32 Å². The predicted octanol–water partition coefficient (Wildman–Crippen LogP) is 4.82. The van der Waals surface area contributed by atoms with Crippen LogP contribution < -0.4 is 5.32 Å². The van der Waals surface area contributed by atoms with Crippen molar-refractivity contribution >= 4 is 23.2 Å². The maximum absolute atomic E-state index is 6.22. The molecule has 1 aliphatic heterocycles. The van der Waals surface area contributed by atoms with Gasteiger partial charge in [-0.15, -0.1) is 0 Å². The monoisotopic (exact) mass is 315 g/mol. The summed E-state index contributed by atoms with van der Waals surface area (Å²) in [6, 6.07) is 6.27. The molecule has 1 N–H and O–H groups in total. The van der Waals surface area contributed by atoms with Gasteiger partial charge in [0, 0.05) is 19.2 Å². The lowest BCUT2D eigenvalue weighted by atomic mass is 9.86. The SMILES string of the molecule is CCC1(CC)CC(NCc2cccc(Cl)c2Cl)CCO1. The van der Waals surface area contributed by atoms with E-state index in [0.717, 1.165) is 44.4 Å². The summed E-state index contributed by atoms with van der Waals surface area (Å²) in [5.74, 6) is 0. The van der Waals surface area contributed by atoms with Crippen molar-refractivity contribution in [2.45, 2.75) is 57.7 Å². The Hall–Kier alpha value is -0.280. The van der Waals surface area contributed by atoms with Crippen LogP contribution in [0.25, 0.3) is 0 Å². The third-order valence-electron chi connectivity index (χ3n) is 4.39. The highest BCUT2D eigenvalue weighted by Gasteiger charge is 2.34. The van der Waals surface area contributed by atoms with Gasteiger partial charge in [0.15, 0.2) is 0 Å². The number of halogens is 2. The molecule has 4 heteroatoms. The second-order valence-corrected chi connectivity index (χ2v) is 6.31.